The van der Waals surface area contributed by atoms with Gasteiger partial charge in [-0.25, -0.2) is 0 Å². The minimum absolute atomic E-state index is 0.0178. The lowest BCUT2D eigenvalue weighted by atomic mass is 10.2. The summed E-state index contributed by atoms with van der Waals surface area (Å²) in [7, 11) is 3.16. The van der Waals surface area contributed by atoms with Crippen LogP contribution < -0.4 is 9.64 Å². The molecule has 7 heteroatoms. The number of benzene rings is 1. The van der Waals surface area contributed by atoms with Gasteiger partial charge >= 0.3 is 5.97 Å². The van der Waals surface area contributed by atoms with Gasteiger partial charge in [-0.2, -0.15) is 0 Å². The molecule has 1 aromatic carbocycles. The number of rotatable bonds is 8. The Bertz CT molecular complexity index is 504. The standard InChI is InChI=1S/C14H20N2O5/c1-4-21-13-9-11(8-12(10-13)16(18)19)15(2)7-5-6-14(17)20-3/h8-10H,4-7H2,1-3H3. The van der Waals surface area contributed by atoms with E-state index < -0.39 is 4.92 Å². The second-order valence-corrected chi connectivity index (χ2v) is 4.48. The predicted octanol–water partition coefficient (Wildman–Crippen LogP) is 2.38. The maximum atomic E-state index is 11.1. The number of hydrogen-bond donors (Lipinski definition) is 0. The molecule has 0 N–H and O–H groups in total. The highest BCUT2D eigenvalue weighted by Crippen LogP contribution is 2.28. The zero-order valence-electron chi connectivity index (χ0n) is 12.5. The molecule has 0 aromatic heterocycles. The predicted molar refractivity (Wildman–Crippen MR) is 78.8 cm³/mol. The van der Waals surface area contributed by atoms with E-state index in [1.165, 1.54) is 19.2 Å². The smallest absolute Gasteiger partial charge is 0.305 e. The average molecular weight is 296 g/mol. The van der Waals surface area contributed by atoms with Crippen LogP contribution >= 0.6 is 0 Å². The molecule has 0 aliphatic carbocycles. The van der Waals surface area contributed by atoms with Crippen LogP contribution in [-0.4, -0.2) is 38.2 Å². The van der Waals surface area contributed by atoms with Gasteiger partial charge in [0, 0.05) is 37.8 Å². The molecule has 0 saturated heterocycles. The summed E-state index contributed by atoms with van der Waals surface area (Å²) in [5.41, 5.74) is 0.660. The largest absolute Gasteiger partial charge is 0.494 e. The van der Waals surface area contributed by atoms with E-state index in [2.05, 4.69) is 4.74 Å². The number of ether oxygens (including phenoxy) is 2. The van der Waals surface area contributed by atoms with E-state index >= 15 is 0 Å². The van der Waals surface area contributed by atoms with Crippen molar-refractivity contribution in [2.75, 3.05) is 32.2 Å². The third-order valence-corrected chi connectivity index (χ3v) is 2.94. The van der Waals surface area contributed by atoms with Crippen LogP contribution in [0.5, 0.6) is 5.75 Å². The molecule has 7 nitrogen and oxygen atoms in total. The summed E-state index contributed by atoms with van der Waals surface area (Å²) in [5, 5.41) is 10.9. The highest BCUT2D eigenvalue weighted by atomic mass is 16.6. The number of nitrogens with zero attached hydrogens (tertiary/aromatic N) is 2. The van der Waals surface area contributed by atoms with Gasteiger partial charge in [-0.3, -0.25) is 14.9 Å². The summed E-state index contributed by atoms with van der Waals surface area (Å²) < 4.78 is 9.91. The molecule has 21 heavy (non-hydrogen) atoms. The number of carbonyl (C=O) groups excluding carboxylic acids is 1. The van der Waals surface area contributed by atoms with E-state index in [9.17, 15) is 14.9 Å². The summed E-state index contributed by atoms with van der Waals surface area (Å²) in [5.74, 6) is 0.193. The second kappa shape index (κ2) is 8.08. The van der Waals surface area contributed by atoms with E-state index in [-0.39, 0.29) is 11.7 Å². The molecular formula is C14H20N2O5. The first-order valence-electron chi connectivity index (χ1n) is 6.68. The maximum Gasteiger partial charge on any atom is 0.305 e. The van der Waals surface area contributed by atoms with Gasteiger partial charge in [-0.05, 0) is 13.3 Å². The minimum atomic E-state index is -0.450. The monoisotopic (exact) mass is 296 g/mol. The second-order valence-electron chi connectivity index (χ2n) is 4.48. The van der Waals surface area contributed by atoms with E-state index in [1.807, 2.05) is 18.9 Å². The van der Waals surface area contributed by atoms with Crippen LogP contribution in [0, 0.1) is 10.1 Å². The Morgan fingerprint density at radius 2 is 2.10 bits per heavy atom. The van der Waals surface area contributed by atoms with Crippen LogP contribution in [-0.2, 0) is 9.53 Å². The minimum Gasteiger partial charge on any atom is -0.494 e. The fourth-order valence-electron chi connectivity index (χ4n) is 1.84. The molecule has 0 aliphatic heterocycles. The molecule has 0 bridgehead atoms. The van der Waals surface area contributed by atoms with Gasteiger partial charge in [0.15, 0.2) is 0 Å². The number of hydrogen-bond acceptors (Lipinski definition) is 6. The van der Waals surface area contributed by atoms with Gasteiger partial charge in [0.05, 0.1) is 24.7 Å². The van der Waals surface area contributed by atoms with Crippen molar-refractivity contribution >= 4 is 17.3 Å². The molecule has 116 valence electrons. The summed E-state index contributed by atoms with van der Waals surface area (Å²) in [6, 6.07) is 4.63. The third kappa shape index (κ3) is 5.29. The molecule has 0 fully saturated rings. The van der Waals surface area contributed by atoms with E-state index in [4.69, 9.17) is 4.74 Å². The Balaban J connectivity index is 2.79. The van der Waals surface area contributed by atoms with Crippen molar-refractivity contribution in [3.05, 3.63) is 28.3 Å². The first kappa shape index (κ1) is 16.7. The Kier molecular flexibility index (Phi) is 6.45. The Hall–Kier alpha value is -2.31. The number of carbonyl (C=O) groups is 1. The lowest BCUT2D eigenvalue weighted by Crippen LogP contribution is -2.19. The molecule has 1 aromatic rings. The van der Waals surface area contributed by atoms with Crippen molar-refractivity contribution in [1.29, 1.82) is 0 Å². The Morgan fingerprint density at radius 3 is 2.67 bits per heavy atom. The van der Waals surface area contributed by atoms with Crippen LogP contribution in [0.3, 0.4) is 0 Å². The average Bonchev–Trinajstić information content (AvgIpc) is 2.46. The van der Waals surface area contributed by atoms with Crippen LogP contribution in [0.2, 0.25) is 0 Å². The van der Waals surface area contributed by atoms with Gasteiger partial charge in [-0.15, -0.1) is 0 Å². The first-order chi connectivity index (χ1) is 9.97. The molecule has 0 unspecified atom stereocenters. The zero-order chi connectivity index (χ0) is 15.8. The quantitative estimate of drug-likeness (QED) is 0.416. The van der Waals surface area contributed by atoms with Crippen LogP contribution in [0.1, 0.15) is 19.8 Å². The maximum absolute atomic E-state index is 11.1. The lowest BCUT2D eigenvalue weighted by Gasteiger charge is -2.19. The molecule has 0 atom stereocenters. The van der Waals surface area contributed by atoms with Crippen molar-refractivity contribution < 1.29 is 19.2 Å². The van der Waals surface area contributed by atoms with E-state index in [0.29, 0.717) is 37.4 Å². The topological polar surface area (TPSA) is 81.9 Å². The molecule has 0 spiro atoms. The van der Waals surface area contributed by atoms with Crippen molar-refractivity contribution in [2.45, 2.75) is 19.8 Å². The van der Waals surface area contributed by atoms with Gasteiger partial charge < -0.3 is 14.4 Å². The van der Waals surface area contributed by atoms with Crippen molar-refractivity contribution in [3.8, 4) is 5.75 Å². The number of methoxy groups -OCH3 is 1. The van der Waals surface area contributed by atoms with Crippen molar-refractivity contribution in [1.82, 2.24) is 0 Å². The summed E-state index contributed by atoms with van der Waals surface area (Å²) in [6.07, 6.45) is 0.921. The number of anilines is 1. The molecular weight excluding hydrogens is 276 g/mol. The molecule has 0 heterocycles. The third-order valence-electron chi connectivity index (χ3n) is 2.94. The Labute approximate surface area is 123 Å². The first-order valence-corrected chi connectivity index (χ1v) is 6.68. The van der Waals surface area contributed by atoms with Gasteiger partial charge in [0.25, 0.3) is 5.69 Å². The molecule has 0 amide bonds. The molecule has 0 radical (unpaired) electrons. The van der Waals surface area contributed by atoms with Crippen LogP contribution in [0.4, 0.5) is 11.4 Å². The fourth-order valence-corrected chi connectivity index (χ4v) is 1.84. The number of esters is 1. The van der Waals surface area contributed by atoms with Gasteiger partial charge in [-0.1, -0.05) is 0 Å². The summed E-state index contributed by atoms with van der Waals surface area (Å²) in [4.78, 5) is 23.4. The summed E-state index contributed by atoms with van der Waals surface area (Å²) in [6.45, 7) is 2.84. The van der Waals surface area contributed by atoms with E-state index in [1.54, 1.807) is 6.07 Å². The SMILES string of the molecule is CCOc1cc(N(C)CCCC(=O)OC)cc([N+](=O)[O-])c1. The Morgan fingerprint density at radius 1 is 1.38 bits per heavy atom. The van der Waals surface area contributed by atoms with Gasteiger partial charge in [0.2, 0.25) is 0 Å². The van der Waals surface area contributed by atoms with Crippen molar-refractivity contribution in [3.63, 3.8) is 0 Å². The van der Waals surface area contributed by atoms with E-state index in [0.717, 1.165) is 0 Å². The molecule has 1 rings (SSSR count). The molecule has 0 saturated carbocycles. The summed E-state index contributed by atoms with van der Waals surface area (Å²) >= 11 is 0. The van der Waals surface area contributed by atoms with Crippen LogP contribution in [0.25, 0.3) is 0 Å². The fraction of sp³-hybridized carbons (Fsp3) is 0.500. The lowest BCUT2D eigenvalue weighted by molar-refractivity contribution is -0.384. The van der Waals surface area contributed by atoms with Gasteiger partial charge in [0.1, 0.15) is 5.75 Å². The number of non-ortho nitro benzene ring substituents is 1. The highest BCUT2D eigenvalue weighted by molar-refractivity contribution is 5.69. The van der Waals surface area contributed by atoms with Crippen LogP contribution in [0.15, 0.2) is 18.2 Å². The zero-order valence-corrected chi connectivity index (χ0v) is 12.5. The van der Waals surface area contributed by atoms with Crippen molar-refractivity contribution in [2.24, 2.45) is 0 Å². The normalized spacial score (nSPS) is 10.0. The molecule has 0 aliphatic rings. The highest BCUT2D eigenvalue weighted by Gasteiger charge is 2.13. The number of nitro groups is 1. The number of nitro benzene ring substituents is 1.